The summed E-state index contributed by atoms with van der Waals surface area (Å²) in [5.74, 6) is -0.319. The number of unbranched alkanes of at least 4 members (excludes halogenated alkanes) is 5. The predicted molar refractivity (Wildman–Crippen MR) is 112 cm³/mol. The molecule has 0 aliphatic carbocycles. The monoisotopic (exact) mass is 365 g/mol. The number of carbonyl (C=O) groups is 1. The van der Waals surface area contributed by atoms with Crippen molar-refractivity contribution in [2.45, 2.75) is 77.7 Å². The van der Waals surface area contributed by atoms with Crippen molar-refractivity contribution < 1.29 is 15.0 Å². The van der Waals surface area contributed by atoms with E-state index in [4.69, 9.17) is 10.8 Å². The third-order valence-electron chi connectivity index (χ3n) is 3.42. The standard InChI is InChI=1S/C20H33NO2.C2H6O/c1-2-3-4-5-6-7-8-9-10-11-12-13-14-16-19(22)17-15-18-20(21)23;1-2-3/h8-14,16,19,22H,2-7,15,17-18H2,1H3,(H2,21,23);3H,2H2,1H3/b9-8+,11-10+,13-12-,16-14+;. The van der Waals surface area contributed by atoms with Gasteiger partial charge in [-0.25, -0.2) is 0 Å². The summed E-state index contributed by atoms with van der Waals surface area (Å²) >= 11 is 0. The number of aliphatic hydroxyl groups excluding tert-OH is 2. The fraction of sp³-hybridized carbons (Fsp3) is 0.591. The molecule has 0 radical (unpaired) electrons. The van der Waals surface area contributed by atoms with Gasteiger partial charge in [0, 0.05) is 13.0 Å². The van der Waals surface area contributed by atoms with Gasteiger partial charge in [0.15, 0.2) is 0 Å². The first kappa shape index (κ1) is 26.6. The van der Waals surface area contributed by atoms with E-state index >= 15 is 0 Å². The molecule has 0 bridgehead atoms. The Kier molecular flexibility index (Phi) is 23.9. The van der Waals surface area contributed by atoms with Crippen LogP contribution in [0.15, 0.2) is 48.6 Å². The Hall–Kier alpha value is -1.65. The molecule has 150 valence electrons. The van der Waals surface area contributed by atoms with E-state index < -0.39 is 6.10 Å². The van der Waals surface area contributed by atoms with Crippen LogP contribution in [0.5, 0.6) is 0 Å². The summed E-state index contributed by atoms with van der Waals surface area (Å²) < 4.78 is 0. The first-order valence-electron chi connectivity index (χ1n) is 9.82. The second-order valence-corrected chi connectivity index (χ2v) is 6.03. The van der Waals surface area contributed by atoms with Crippen molar-refractivity contribution in [3.8, 4) is 0 Å². The molecule has 0 aliphatic rings. The Morgan fingerprint density at radius 1 is 0.923 bits per heavy atom. The van der Waals surface area contributed by atoms with Crippen LogP contribution in [0.3, 0.4) is 0 Å². The normalized spacial score (nSPS) is 12.9. The summed E-state index contributed by atoms with van der Waals surface area (Å²) in [6, 6.07) is 0. The number of rotatable bonds is 14. The Labute approximate surface area is 160 Å². The van der Waals surface area contributed by atoms with Crippen LogP contribution >= 0.6 is 0 Å². The maximum atomic E-state index is 10.6. The van der Waals surface area contributed by atoms with Gasteiger partial charge in [0.2, 0.25) is 5.91 Å². The smallest absolute Gasteiger partial charge is 0.217 e. The molecule has 4 N–H and O–H groups in total. The molecule has 0 spiro atoms. The first-order chi connectivity index (χ1) is 12.6. The number of hydrogen-bond acceptors (Lipinski definition) is 3. The lowest BCUT2D eigenvalue weighted by Gasteiger charge is -2.02. The molecule has 26 heavy (non-hydrogen) atoms. The molecule has 0 saturated carbocycles. The minimum absolute atomic E-state index is 0.250. The largest absolute Gasteiger partial charge is 0.397 e. The van der Waals surface area contributed by atoms with Gasteiger partial charge in [0.25, 0.3) is 0 Å². The molecule has 1 amide bonds. The molecule has 0 heterocycles. The van der Waals surface area contributed by atoms with Crippen molar-refractivity contribution >= 4 is 5.91 Å². The molecular formula is C22H39NO3. The van der Waals surface area contributed by atoms with Crippen molar-refractivity contribution in [1.82, 2.24) is 0 Å². The van der Waals surface area contributed by atoms with Gasteiger partial charge in [0.05, 0.1) is 6.10 Å². The summed E-state index contributed by atoms with van der Waals surface area (Å²) in [4.78, 5) is 10.6. The highest BCUT2D eigenvalue weighted by atomic mass is 16.3. The average molecular weight is 366 g/mol. The van der Waals surface area contributed by atoms with E-state index in [1.54, 1.807) is 13.0 Å². The highest BCUT2D eigenvalue weighted by Crippen LogP contribution is 2.05. The molecule has 0 fully saturated rings. The van der Waals surface area contributed by atoms with E-state index in [1.807, 2.05) is 30.4 Å². The Morgan fingerprint density at radius 2 is 1.50 bits per heavy atom. The number of allylic oxidation sites excluding steroid dienone is 7. The predicted octanol–water partition coefficient (Wildman–Crippen LogP) is 4.59. The fourth-order valence-electron chi connectivity index (χ4n) is 2.07. The minimum atomic E-state index is -0.518. The second-order valence-electron chi connectivity index (χ2n) is 6.03. The highest BCUT2D eigenvalue weighted by Gasteiger charge is 2.00. The van der Waals surface area contributed by atoms with Crippen LogP contribution in [0.25, 0.3) is 0 Å². The number of primary amides is 1. The zero-order valence-electron chi connectivity index (χ0n) is 16.6. The molecule has 4 nitrogen and oxygen atoms in total. The minimum Gasteiger partial charge on any atom is -0.397 e. The summed E-state index contributed by atoms with van der Waals surface area (Å²) in [5.41, 5.74) is 5.04. The number of amides is 1. The molecule has 0 aromatic carbocycles. The third-order valence-corrected chi connectivity index (χ3v) is 3.42. The van der Waals surface area contributed by atoms with Gasteiger partial charge in [-0.05, 0) is 32.6 Å². The topological polar surface area (TPSA) is 83.5 Å². The van der Waals surface area contributed by atoms with Gasteiger partial charge in [0.1, 0.15) is 0 Å². The Bertz CT molecular complexity index is 412. The van der Waals surface area contributed by atoms with E-state index in [9.17, 15) is 9.90 Å². The summed E-state index contributed by atoms with van der Waals surface area (Å²) in [7, 11) is 0. The van der Waals surface area contributed by atoms with Gasteiger partial charge < -0.3 is 15.9 Å². The summed E-state index contributed by atoms with van der Waals surface area (Å²) in [5, 5.41) is 17.2. The number of aliphatic hydroxyl groups is 2. The Balaban J connectivity index is 0. The molecule has 0 saturated heterocycles. The molecule has 0 aromatic rings. The molecule has 0 aromatic heterocycles. The van der Waals surface area contributed by atoms with Crippen LogP contribution < -0.4 is 5.73 Å². The molecule has 0 aliphatic heterocycles. The van der Waals surface area contributed by atoms with Crippen molar-refractivity contribution in [2.24, 2.45) is 5.73 Å². The maximum Gasteiger partial charge on any atom is 0.217 e. The van der Waals surface area contributed by atoms with E-state index in [-0.39, 0.29) is 12.5 Å². The van der Waals surface area contributed by atoms with E-state index in [1.165, 1.54) is 32.1 Å². The van der Waals surface area contributed by atoms with Crippen LogP contribution in [-0.4, -0.2) is 28.8 Å². The van der Waals surface area contributed by atoms with Crippen LogP contribution in [0.1, 0.15) is 71.6 Å². The van der Waals surface area contributed by atoms with E-state index in [0.717, 1.165) is 6.42 Å². The van der Waals surface area contributed by atoms with Crippen LogP contribution in [-0.2, 0) is 4.79 Å². The van der Waals surface area contributed by atoms with Crippen molar-refractivity contribution in [3.05, 3.63) is 48.6 Å². The van der Waals surface area contributed by atoms with Gasteiger partial charge in [-0.15, -0.1) is 0 Å². The molecule has 0 rings (SSSR count). The van der Waals surface area contributed by atoms with Crippen molar-refractivity contribution in [3.63, 3.8) is 0 Å². The number of nitrogens with two attached hydrogens (primary N) is 1. The van der Waals surface area contributed by atoms with Crippen molar-refractivity contribution in [1.29, 1.82) is 0 Å². The SMILES string of the molecule is CCCCCCC/C=C/C=C/C=C\C=C\C(O)CCCC(N)=O.CCO. The lowest BCUT2D eigenvalue weighted by molar-refractivity contribution is -0.118. The molecule has 1 unspecified atom stereocenters. The average Bonchev–Trinajstić information content (AvgIpc) is 2.59. The number of hydrogen-bond donors (Lipinski definition) is 3. The highest BCUT2D eigenvalue weighted by molar-refractivity contribution is 5.73. The van der Waals surface area contributed by atoms with Crippen LogP contribution in [0.4, 0.5) is 0 Å². The zero-order chi connectivity index (χ0) is 19.9. The number of carbonyl (C=O) groups excluding carboxylic acids is 1. The zero-order valence-corrected chi connectivity index (χ0v) is 16.6. The van der Waals surface area contributed by atoms with Gasteiger partial charge in [-0.2, -0.15) is 0 Å². The second kappa shape index (κ2) is 23.4. The quantitative estimate of drug-likeness (QED) is 0.311. The third kappa shape index (κ3) is 27.2. The van der Waals surface area contributed by atoms with Gasteiger partial charge >= 0.3 is 0 Å². The van der Waals surface area contributed by atoms with Crippen LogP contribution in [0, 0.1) is 0 Å². The summed E-state index contributed by atoms with van der Waals surface area (Å²) in [6.07, 6.45) is 24.3. The molecular weight excluding hydrogens is 326 g/mol. The van der Waals surface area contributed by atoms with E-state index in [2.05, 4.69) is 19.1 Å². The summed E-state index contributed by atoms with van der Waals surface area (Å²) in [6.45, 7) is 4.16. The lowest BCUT2D eigenvalue weighted by atomic mass is 10.1. The van der Waals surface area contributed by atoms with Gasteiger partial charge in [-0.1, -0.05) is 81.2 Å². The van der Waals surface area contributed by atoms with Crippen LogP contribution in [0.2, 0.25) is 0 Å². The van der Waals surface area contributed by atoms with E-state index in [0.29, 0.717) is 19.3 Å². The Morgan fingerprint density at radius 3 is 2.12 bits per heavy atom. The van der Waals surface area contributed by atoms with Crippen molar-refractivity contribution in [2.75, 3.05) is 6.61 Å². The fourth-order valence-corrected chi connectivity index (χ4v) is 2.07. The maximum absolute atomic E-state index is 10.6. The molecule has 4 heteroatoms. The van der Waals surface area contributed by atoms with Gasteiger partial charge in [-0.3, -0.25) is 4.79 Å². The lowest BCUT2D eigenvalue weighted by Crippen LogP contribution is -2.11. The first-order valence-corrected chi connectivity index (χ1v) is 9.82. The molecule has 1 atom stereocenters.